The van der Waals surface area contributed by atoms with Gasteiger partial charge < -0.3 is 5.32 Å². The van der Waals surface area contributed by atoms with Gasteiger partial charge in [-0.05, 0) is 30.5 Å². The summed E-state index contributed by atoms with van der Waals surface area (Å²) in [6.07, 6.45) is 0. The molecule has 0 saturated carbocycles. The van der Waals surface area contributed by atoms with Crippen LogP contribution in [0.5, 0.6) is 0 Å². The van der Waals surface area contributed by atoms with Crippen LogP contribution in [0, 0.1) is 5.82 Å². The minimum absolute atomic E-state index is 0.166. The van der Waals surface area contributed by atoms with Crippen molar-refractivity contribution in [2.75, 3.05) is 5.32 Å². The van der Waals surface area contributed by atoms with E-state index in [-0.39, 0.29) is 11.6 Å². The molecule has 3 rings (SSSR count). The first-order valence-corrected chi connectivity index (χ1v) is 8.58. The predicted octanol–water partition coefficient (Wildman–Crippen LogP) is 3.79. The number of para-hydroxylation sites is 1. The third-order valence-corrected chi connectivity index (χ3v) is 4.84. The number of nitrogens with zero attached hydrogens (tertiary/aromatic N) is 2. The van der Waals surface area contributed by atoms with Gasteiger partial charge in [-0.25, -0.2) is 9.37 Å². The number of nitrogens with one attached hydrogen (secondary N) is 2. The third kappa shape index (κ3) is 3.77. The van der Waals surface area contributed by atoms with Gasteiger partial charge in [0.05, 0.1) is 15.8 Å². The standard InChI is InChI=1S/C15H13FN4OS2/c1-9(14(21)17-11-6-3-2-5-10(11)16)23-15-18-13(19-20-15)12-7-4-8-22-12/h2-9H,1H3,(H,17,21)(H,18,19,20)/t9-/m0/s1. The zero-order valence-corrected chi connectivity index (χ0v) is 13.7. The largest absolute Gasteiger partial charge is 0.323 e. The number of benzene rings is 1. The monoisotopic (exact) mass is 348 g/mol. The number of carbonyl (C=O) groups excluding carboxylic acids is 1. The van der Waals surface area contributed by atoms with Crippen LogP contribution in [-0.4, -0.2) is 26.3 Å². The van der Waals surface area contributed by atoms with E-state index in [9.17, 15) is 9.18 Å². The second-order valence-electron chi connectivity index (χ2n) is 4.67. The van der Waals surface area contributed by atoms with Crippen molar-refractivity contribution in [2.24, 2.45) is 0 Å². The Balaban J connectivity index is 1.64. The molecule has 1 aromatic carbocycles. The molecule has 1 amide bonds. The van der Waals surface area contributed by atoms with Gasteiger partial charge in [0.1, 0.15) is 5.82 Å². The van der Waals surface area contributed by atoms with Gasteiger partial charge in [0.25, 0.3) is 0 Å². The highest BCUT2D eigenvalue weighted by atomic mass is 32.2. The Hall–Kier alpha value is -2.19. The molecule has 0 aliphatic carbocycles. The Kier molecular flexibility index (Phi) is 4.73. The van der Waals surface area contributed by atoms with E-state index in [1.807, 2.05) is 17.5 Å². The summed E-state index contributed by atoms with van der Waals surface area (Å²) in [5.41, 5.74) is 0.166. The second kappa shape index (κ2) is 6.93. The number of H-pyrrole nitrogens is 1. The quantitative estimate of drug-likeness (QED) is 0.688. The van der Waals surface area contributed by atoms with Crippen LogP contribution in [0.2, 0.25) is 0 Å². The van der Waals surface area contributed by atoms with Crippen LogP contribution in [0.1, 0.15) is 6.92 Å². The van der Waals surface area contributed by atoms with Crippen LogP contribution in [0.4, 0.5) is 10.1 Å². The van der Waals surface area contributed by atoms with Crippen LogP contribution in [-0.2, 0) is 4.79 Å². The molecule has 2 N–H and O–H groups in total. The number of hydrogen-bond donors (Lipinski definition) is 2. The minimum atomic E-state index is -0.462. The van der Waals surface area contributed by atoms with Crippen molar-refractivity contribution in [1.29, 1.82) is 0 Å². The number of anilines is 1. The Labute approximate surface area is 140 Å². The summed E-state index contributed by atoms with van der Waals surface area (Å²) < 4.78 is 13.6. The molecule has 3 aromatic rings. The molecule has 0 fully saturated rings. The molecule has 23 heavy (non-hydrogen) atoms. The van der Waals surface area contributed by atoms with Crippen molar-refractivity contribution < 1.29 is 9.18 Å². The summed E-state index contributed by atoms with van der Waals surface area (Å²) in [7, 11) is 0. The van der Waals surface area contributed by atoms with Gasteiger partial charge in [-0.2, -0.15) is 0 Å². The summed E-state index contributed by atoms with van der Waals surface area (Å²) in [4.78, 5) is 17.5. The van der Waals surface area contributed by atoms with Crippen molar-refractivity contribution in [3.8, 4) is 10.7 Å². The number of rotatable bonds is 5. The maximum absolute atomic E-state index is 13.6. The fourth-order valence-electron chi connectivity index (χ4n) is 1.83. The lowest BCUT2D eigenvalue weighted by molar-refractivity contribution is -0.115. The molecule has 0 radical (unpaired) electrons. The van der Waals surface area contributed by atoms with Crippen LogP contribution in [0.25, 0.3) is 10.7 Å². The molecule has 2 aromatic heterocycles. The molecule has 0 bridgehead atoms. The number of thioether (sulfide) groups is 1. The first kappa shape index (κ1) is 15.7. The van der Waals surface area contributed by atoms with Crippen LogP contribution < -0.4 is 5.32 Å². The number of amides is 1. The summed E-state index contributed by atoms with van der Waals surface area (Å²) in [6, 6.07) is 9.93. The Morgan fingerprint density at radius 2 is 2.17 bits per heavy atom. The summed E-state index contributed by atoms with van der Waals surface area (Å²) in [6.45, 7) is 1.72. The van der Waals surface area contributed by atoms with E-state index in [0.29, 0.717) is 11.0 Å². The summed E-state index contributed by atoms with van der Waals surface area (Å²) in [5, 5.41) is 11.5. The van der Waals surface area contributed by atoms with Crippen LogP contribution in [0.3, 0.4) is 0 Å². The maximum atomic E-state index is 13.6. The maximum Gasteiger partial charge on any atom is 0.237 e. The summed E-state index contributed by atoms with van der Waals surface area (Å²) in [5.74, 6) is -0.0947. The van der Waals surface area contributed by atoms with Gasteiger partial charge in [0.15, 0.2) is 5.82 Å². The predicted molar refractivity (Wildman–Crippen MR) is 90.0 cm³/mol. The van der Waals surface area contributed by atoms with Crippen molar-refractivity contribution in [3.05, 3.63) is 47.6 Å². The SMILES string of the molecule is C[C@H](Sc1n[nH]c(-c2cccs2)n1)C(=O)Nc1ccccc1F. The van der Waals surface area contributed by atoms with Crippen molar-refractivity contribution in [3.63, 3.8) is 0 Å². The molecule has 118 valence electrons. The average Bonchev–Trinajstić information content (AvgIpc) is 3.20. The van der Waals surface area contributed by atoms with Gasteiger partial charge in [-0.3, -0.25) is 9.89 Å². The second-order valence-corrected chi connectivity index (χ2v) is 6.93. The molecule has 0 spiro atoms. The van der Waals surface area contributed by atoms with Crippen molar-refractivity contribution in [1.82, 2.24) is 15.2 Å². The van der Waals surface area contributed by atoms with Crippen molar-refractivity contribution in [2.45, 2.75) is 17.3 Å². The van der Waals surface area contributed by atoms with Crippen LogP contribution >= 0.6 is 23.1 Å². The number of carbonyl (C=O) groups is 1. The Morgan fingerprint density at radius 3 is 2.91 bits per heavy atom. The topological polar surface area (TPSA) is 70.7 Å². The number of aromatic amines is 1. The molecule has 0 saturated heterocycles. The minimum Gasteiger partial charge on any atom is -0.323 e. The smallest absolute Gasteiger partial charge is 0.237 e. The molecule has 0 aliphatic rings. The lowest BCUT2D eigenvalue weighted by Gasteiger charge is -2.10. The zero-order valence-electron chi connectivity index (χ0n) is 12.1. The molecule has 5 nitrogen and oxygen atoms in total. The van der Waals surface area contributed by atoms with E-state index in [1.165, 1.54) is 23.9 Å². The third-order valence-electron chi connectivity index (χ3n) is 3.00. The first-order valence-electron chi connectivity index (χ1n) is 6.82. The fraction of sp³-hybridized carbons (Fsp3) is 0.133. The first-order chi connectivity index (χ1) is 11.1. The molecular weight excluding hydrogens is 335 g/mol. The zero-order chi connectivity index (χ0) is 16.2. The van der Waals surface area contributed by atoms with Gasteiger partial charge >= 0.3 is 0 Å². The van der Waals surface area contributed by atoms with Crippen molar-refractivity contribution >= 4 is 34.7 Å². The van der Waals surface area contributed by atoms with Gasteiger partial charge in [-0.1, -0.05) is 30.0 Å². The van der Waals surface area contributed by atoms with Gasteiger partial charge in [-0.15, -0.1) is 16.4 Å². The van der Waals surface area contributed by atoms with Gasteiger partial charge in [0, 0.05) is 0 Å². The molecular formula is C15H13FN4OS2. The lowest BCUT2D eigenvalue weighted by atomic mass is 10.3. The summed E-state index contributed by atoms with van der Waals surface area (Å²) >= 11 is 2.77. The van der Waals surface area contributed by atoms with E-state index in [4.69, 9.17) is 0 Å². The fourth-order valence-corrected chi connectivity index (χ4v) is 3.22. The number of hydrogen-bond acceptors (Lipinski definition) is 5. The highest BCUT2D eigenvalue weighted by molar-refractivity contribution is 8.00. The molecule has 8 heteroatoms. The van der Waals surface area contributed by atoms with E-state index < -0.39 is 11.1 Å². The van der Waals surface area contributed by atoms with Gasteiger partial charge in [0.2, 0.25) is 11.1 Å². The van der Waals surface area contributed by atoms with Crippen LogP contribution in [0.15, 0.2) is 46.9 Å². The number of thiophene rings is 1. The molecule has 1 atom stereocenters. The van der Waals surface area contributed by atoms with E-state index >= 15 is 0 Å². The molecule has 0 unspecified atom stereocenters. The number of aromatic nitrogens is 3. The van der Waals surface area contributed by atoms with E-state index in [0.717, 1.165) is 4.88 Å². The molecule has 2 heterocycles. The molecule has 0 aliphatic heterocycles. The highest BCUT2D eigenvalue weighted by Crippen LogP contribution is 2.26. The van der Waals surface area contributed by atoms with E-state index in [2.05, 4.69) is 20.5 Å². The lowest BCUT2D eigenvalue weighted by Crippen LogP contribution is -2.23. The number of halogens is 1. The Bertz CT molecular complexity index is 803. The Morgan fingerprint density at radius 1 is 1.35 bits per heavy atom. The highest BCUT2D eigenvalue weighted by Gasteiger charge is 2.18. The van der Waals surface area contributed by atoms with E-state index in [1.54, 1.807) is 30.4 Å². The average molecular weight is 348 g/mol. The normalized spacial score (nSPS) is 12.1.